The van der Waals surface area contributed by atoms with Crippen molar-refractivity contribution in [3.8, 4) is 0 Å². The SMILES string of the molecule is CC=N/C(=C\N)CC(C)C. The first-order valence-corrected chi connectivity index (χ1v) is 3.60. The zero-order chi connectivity index (χ0) is 7.98. The number of aliphatic imine (C=N–C) groups is 1. The Morgan fingerprint density at radius 3 is 2.50 bits per heavy atom. The summed E-state index contributed by atoms with van der Waals surface area (Å²) in [4.78, 5) is 4.09. The van der Waals surface area contributed by atoms with Gasteiger partial charge in [0.15, 0.2) is 0 Å². The third-order valence-electron chi connectivity index (χ3n) is 1.10. The first kappa shape index (κ1) is 9.21. The maximum absolute atomic E-state index is 5.33. The molecule has 0 aliphatic rings. The Morgan fingerprint density at radius 2 is 2.20 bits per heavy atom. The molecule has 0 atom stereocenters. The van der Waals surface area contributed by atoms with Gasteiger partial charge in [-0.2, -0.15) is 0 Å². The minimum atomic E-state index is 0.624. The Bertz CT molecular complexity index is 134. The van der Waals surface area contributed by atoms with Crippen LogP contribution in [0.15, 0.2) is 16.9 Å². The topological polar surface area (TPSA) is 38.4 Å². The fourth-order valence-electron chi connectivity index (χ4n) is 0.748. The molecule has 0 radical (unpaired) electrons. The minimum absolute atomic E-state index is 0.624. The molecule has 0 rings (SSSR count). The highest BCUT2D eigenvalue weighted by Gasteiger charge is 1.96. The third-order valence-corrected chi connectivity index (χ3v) is 1.10. The molecule has 0 saturated heterocycles. The molecule has 0 aliphatic carbocycles. The van der Waals surface area contributed by atoms with Crippen molar-refractivity contribution < 1.29 is 0 Å². The Hall–Kier alpha value is -0.790. The monoisotopic (exact) mass is 140 g/mol. The highest BCUT2D eigenvalue weighted by Crippen LogP contribution is 2.09. The highest BCUT2D eigenvalue weighted by molar-refractivity contribution is 5.55. The van der Waals surface area contributed by atoms with Crippen LogP contribution in [0.5, 0.6) is 0 Å². The van der Waals surface area contributed by atoms with E-state index in [1.54, 1.807) is 12.4 Å². The summed E-state index contributed by atoms with van der Waals surface area (Å²) in [6.07, 6.45) is 4.29. The van der Waals surface area contributed by atoms with E-state index in [1.165, 1.54) is 0 Å². The van der Waals surface area contributed by atoms with E-state index in [1.807, 2.05) is 6.92 Å². The number of hydrogen-bond donors (Lipinski definition) is 1. The molecule has 0 aromatic heterocycles. The average molecular weight is 140 g/mol. The van der Waals surface area contributed by atoms with Crippen molar-refractivity contribution in [2.24, 2.45) is 16.6 Å². The molecule has 0 fully saturated rings. The lowest BCUT2D eigenvalue weighted by Gasteiger charge is -2.02. The molecule has 0 amide bonds. The maximum Gasteiger partial charge on any atom is 0.0556 e. The van der Waals surface area contributed by atoms with Crippen molar-refractivity contribution in [1.29, 1.82) is 0 Å². The standard InChI is InChI=1S/C8H16N2/c1-4-10-8(6-9)5-7(2)3/h4,6-7H,5,9H2,1-3H3/b8-6-,10-4?. The van der Waals surface area contributed by atoms with Crippen molar-refractivity contribution in [1.82, 2.24) is 0 Å². The summed E-state index contributed by atoms with van der Waals surface area (Å²) in [6.45, 7) is 6.19. The first-order valence-electron chi connectivity index (χ1n) is 3.60. The van der Waals surface area contributed by atoms with Crippen LogP contribution in [0.1, 0.15) is 27.2 Å². The van der Waals surface area contributed by atoms with Crippen LogP contribution in [0.25, 0.3) is 0 Å². The first-order chi connectivity index (χ1) is 4.70. The van der Waals surface area contributed by atoms with E-state index >= 15 is 0 Å². The number of allylic oxidation sites excluding steroid dienone is 1. The predicted octanol–water partition coefficient (Wildman–Crippen LogP) is 1.92. The normalized spacial score (nSPS) is 13.4. The van der Waals surface area contributed by atoms with Crippen molar-refractivity contribution in [3.05, 3.63) is 11.9 Å². The average Bonchev–Trinajstić information content (AvgIpc) is 1.86. The van der Waals surface area contributed by atoms with E-state index in [0.717, 1.165) is 12.1 Å². The zero-order valence-electron chi connectivity index (χ0n) is 6.96. The molecule has 0 unspecified atom stereocenters. The summed E-state index contributed by atoms with van der Waals surface area (Å²) in [6, 6.07) is 0. The van der Waals surface area contributed by atoms with Gasteiger partial charge in [0.2, 0.25) is 0 Å². The fraction of sp³-hybridized carbons (Fsp3) is 0.625. The minimum Gasteiger partial charge on any atom is -0.403 e. The third kappa shape index (κ3) is 4.13. The summed E-state index contributed by atoms with van der Waals surface area (Å²) >= 11 is 0. The molecule has 0 aromatic rings. The molecule has 2 N–H and O–H groups in total. The second-order valence-electron chi connectivity index (χ2n) is 2.64. The van der Waals surface area contributed by atoms with E-state index < -0.39 is 0 Å². The van der Waals surface area contributed by atoms with E-state index in [0.29, 0.717) is 5.92 Å². The van der Waals surface area contributed by atoms with Gasteiger partial charge in [-0.3, -0.25) is 4.99 Å². The van der Waals surface area contributed by atoms with Crippen molar-refractivity contribution in [2.75, 3.05) is 0 Å². The van der Waals surface area contributed by atoms with E-state index in [2.05, 4.69) is 18.8 Å². The van der Waals surface area contributed by atoms with Gasteiger partial charge in [0.05, 0.1) is 5.70 Å². The largest absolute Gasteiger partial charge is 0.403 e. The Kier molecular flexibility index (Phi) is 4.63. The van der Waals surface area contributed by atoms with Gasteiger partial charge in [0, 0.05) is 12.4 Å². The molecule has 0 heterocycles. The van der Waals surface area contributed by atoms with Crippen molar-refractivity contribution in [2.45, 2.75) is 27.2 Å². The smallest absolute Gasteiger partial charge is 0.0556 e. The lowest BCUT2D eigenvalue weighted by atomic mass is 10.1. The van der Waals surface area contributed by atoms with E-state index in [-0.39, 0.29) is 0 Å². The van der Waals surface area contributed by atoms with Crippen molar-refractivity contribution in [3.63, 3.8) is 0 Å². The van der Waals surface area contributed by atoms with Crippen LogP contribution in [0.3, 0.4) is 0 Å². The molecule has 2 nitrogen and oxygen atoms in total. The van der Waals surface area contributed by atoms with Crippen molar-refractivity contribution >= 4 is 6.21 Å². The van der Waals surface area contributed by atoms with Crippen LogP contribution in [-0.2, 0) is 0 Å². The quantitative estimate of drug-likeness (QED) is 0.597. The van der Waals surface area contributed by atoms with Gasteiger partial charge in [0.1, 0.15) is 0 Å². The van der Waals surface area contributed by atoms with Crippen LogP contribution >= 0.6 is 0 Å². The van der Waals surface area contributed by atoms with E-state index in [9.17, 15) is 0 Å². The Labute approximate surface area is 62.8 Å². The van der Waals surface area contributed by atoms with Gasteiger partial charge in [-0.1, -0.05) is 13.8 Å². The molecule has 0 aromatic carbocycles. The second-order valence-corrected chi connectivity index (χ2v) is 2.64. The predicted molar refractivity (Wildman–Crippen MR) is 45.9 cm³/mol. The number of nitrogens with two attached hydrogens (primary N) is 1. The molecule has 10 heavy (non-hydrogen) atoms. The molecule has 58 valence electrons. The van der Waals surface area contributed by atoms with Gasteiger partial charge in [-0.15, -0.1) is 0 Å². The number of hydrogen-bond acceptors (Lipinski definition) is 2. The van der Waals surface area contributed by atoms with Gasteiger partial charge in [-0.25, -0.2) is 0 Å². The molecule has 0 aliphatic heterocycles. The summed E-state index contributed by atoms with van der Waals surface area (Å²) in [7, 11) is 0. The number of nitrogens with zero attached hydrogens (tertiary/aromatic N) is 1. The summed E-state index contributed by atoms with van der Waals surface area (Å²) in [5.74, 6) is 0.624. The highest BCUT2D eigenvalue weighted by atomic mass is 14.7. The van der Waals surface area contributed by atoms with E-state index in [4.69, 9.17) is 5.73 Å². The van der Waals surface area contributed by atoms with Crippen LogP contribution in [0.2, 0.25) is 0 Å². The summed E-state index contributed by atoms with van der Waals surface area (Å²) in [5, 5.41) is 0. The lowest BCUT2D eigenvalue weighted by molar-refractivity contribution is 0.638. The van der Waals surface area contributed by atoms with Gasteiger partial charge >= 0.3 is 0 Å². The van der Waals surface area contributed by atoms with Crippen LogP contribution in [0, 0.1) is 5.92 Å². The van der Waals surface area contributed by atoms with Gasteiger partial charge in [0.25, 0.3) is 0 Å². The summed E-state index contributed by atoms with van der Waals surface area (Å²) < 4.78 is 0. The zero-order valence-corrected chi connectivity index (χ0v) is 6.96. The maximum atomic E-state index is 5.33. The van der Waals surface area contributed by atoms with Gasteiger partial charge < -0.3 is 5.73 Å². The molecule has 2 heteroatoms. The molecule has 0 bridgehead atoms. The fourth-order valence-corrected chi connectivity index (χ4v) is 0.748. The van der Waals surface area contributed by atoms with Gasteiger partial charge in [-0.05, 0) is 19.3 Å². The number of rotatable bonds is 3. The molecule has 0 saturated carbocycles. The van der Waals surface area contributed by atoms with Crippen LogP contribution in [-0.4, -0.2) is 6.21 Å². The molecular weight excluding hydrogens is 124 g/mol. The lowest BCUT2D eigenvalue weighted by Crippen LogP contribution is -1.92. The Balaban J connectivity index is 3.86. The molecular formula is C8H16N2. The Morgan fingerprint density at radius 1 is 1.60 bits per heavy atom. The van der Waals surface area contributed by atoms with Crippen LogP contribution < -0.4 is 5.73 Å². The van der Waals surface area contributed by atoms with Crippen LogP contribution in [0.4, 0.5) is 0 Å². The second kappa shape index (κ2) is 5.03. The summed E-state index contributed by atoms with van der Waals surface area (Å²) in [5.41, 5.74) is 6.30. The molecule has 0 spiro atoms.